The van der Waals surface area contributed by atoms with Crippen LogP contribution in [0.25, 0.3) is 65.7 Å². The van der Waals surface area contributed by atoms with Gasteiger partial charge in [0.15, 0.2) is 0 Å². The molecule has 4 aromatic heterocycles. The molecule has 7 rings (SSSR count). The van der Waals surface area contributed by atoms with Gasteiger partial charge in [0.2, 0.25) is 0 Å². The third kappa shape index (κ3) is 5.76. The van der Waals surface area contributed by atoms with E-state index in [0.717, 1.165) is 18.8 Å². The first-order valence-corrected chi connectivity index (χ1v) is 18.9. The van der Waals surface area contributed by atoms with Gasteiger partial charge in [0.05, 0.1) is 9.06 Å². The minimum absolute atomic E-state index is 0.126. The first-order chi connectivity index (χ1) is 24.2. The van der Waals surface area contributed by atoms with E-state index in [0.29, 0.717) is 9.06 Å². The molecule has 7 aromatic rings. The van der Waals surface area contributed by atoms with Crippen LogP contribution in [0.15, 0.2) is 72.8 Å². The number of hydrogen-bond donors (Lipinski definition) is 0. The Kier molecular flexibility index (Phi) is 8.81. The van der Waals surface area contributed by atoms with Crippen LogP contribution in [-0.4, -0.2) is 0 Å². The van der Waals surface area contributed by atoms with Crippen LogP contribution in [0.2, 0.25) is 0 Å². The van der Waals surface area contributed by atoms with Gasteiger partial charge in [-0.3, -0.25) is 0 Å². The van der Waals surface area contributed by atoms with Gasteiger partial charge in [-0.15, -0.1) is 45.3 Å². The lowest BCUT2D eigenvalue weighted by atomic mass is 9.87. The fraction of sp³-hybridized carbons (Fsp3) is 0.0952. The quantitative estimate of drug-likeness (QED) is 0.182. The molecule has 4 heterocycles. The summed E-state index contributed by atoms with van der Waals surface area (Å²) in [5.74, 6) is 0. The predicted molar refractivity (Wildman–Crippen MR) is 211 cm³/mol. The molecule has 0 unspecified atom stereocenters. The van der Waals surface area contributed by atoms with Crippen molar-refractivity contribution in [3.63, 3.8) is 0 Å². The topological polar surface area (TPSA) is 95.2 Å². The average molecular weight is 715 g/mol. The molecule has 0 aliphatic carbocycles. The molecule has 0 aliphatic heterocycles. The summed E-state index contributed by atoms with van der Waals surface area (Å²) in [6.45, 7) is 8.71. The van der Waals surface area contributed by atoms with E-state index in [-0.39, 0.29) is 11.1 Å². The van der Waals surface area contributed by atoms with E-state index in [2.05, 4.69) is 88.4 Å². The van der Waals surface area contributed by atoms with Crippen molar-refractivity contribution in [3.8, 4) is 46.5 Å². The Hall–Kier alpha value is -5.58. The van der Waals surface area contributed by atoms with Crippen LogP contribution in [0.3, 0.4) is 0 Å². The van der Waals surface area contributed by atoms with Crippen LogP contribution >= 0.6 is 45.3 Å². The van der Waals surface area contributed by atoms with Crippen molar-refractivity contribution in [3.05, 3.63) is 123 Å². The molecule has 0 saturated heterocycles. The first-order valence-electron chi connectivity index (χ1n) is 15.6. The van der Waals surface area contributed by atoms with Gasteiger partial charge in [-0.05, 0) is 110 Å². The highest BCUT2D eigenvalue weighted by molar-refractivity contribution is 7.23. The lowest BCUT2D eigenvalue weighted by Crippen LogP contribution is -1.96. The SMILES string of the molecule is Cc1cccc(C)c1-c1c2cc(/C=c3\ccc(=C(C#N)C#N)s3)sc2c(-c2c(C)cccc2C)c2cc(/C=c3\ccc(=C(C#N)C#N)s3)sc12. The number of nitriles is 4. The van der Waals surface area contributed by atoms with E-state index < -0.39 is 0 Å². The normalized spacial score (nSPS) is 11.8. The summed E-state index contributed by atoms with van der Waals surface area (Å²) in [5, 5.41) is 40.1. The van der Waals surface area contributed by atoms with E-state index in [9.17, 15) is 21.0 Å². The molecule has 3 aromatic carbocycles. The average Bonchev–Trinajstić information content (AvgIpc) is 3.91. The highest BCUT2D eigenvalue weighted by Crippen LogP contribution is 2.51. The fourth-order valence-electron chi connectivity index (χ4n) is 6.54. The molecular formula is C42H26N4S4. The molecule has 0 N–H and O–H groups in total. The summed E-state index contributed by atoms with van der Waals surface area (Å²) in [5.41, 5.74) is 9.98. The monoisotopic (exact) mass is 714 g/mol. The van der Waals surface area contributed by atoms with Gasteiger partial charge >= 0.3 is 0 Å². The number of hydrogen-bond acceptors (Lipinski definition) is 8. The van der Waals surface area contributed by atoms with Gasteiger partial charge in [0.25, 0.3) is 0 Å². The van der Waals surface area contributed by atoms with Crippen LogP contribution < -0.4 is 18.1 Å². The van der Waals surface area contributed by atoms with Crippen molar-refractivity contribution in [2.24, 2.45) is 0 Å². The summed E-state index contributed by atoms with van der Waals surface area (Å²) in [4.78, 5) is 2.20. The maximum absolute atomic E-state index is 9.42. The van der Waals surface area contributed by atoms with Gasteiger partial charge in [-0.1, -0.05) is 36.4 Å². The Labute approximate surface area is 305 Å². The molecule has 0 saturated carbocycles. The Morgan fingerprint density at radius 1 is 0.480 bits per heavy atom. The van der Waals surface area contributed by atoms with Gasteiger partial charge in [-0.2, -0.15) is 21.0 Å². The highest BCUT2D eigenvalue weighted by atomic mass is 32.1. The molecule has 8 heteroatoms. The van der Waals surface area contributed by atoms with E-state index in [1.54, 1.807) is 22.7 Å². The van der Waals surface area contributed by atoms with Crippen molar-refractivity contribution in [2.75, 3.05) is 0 Å². The minimum Gasteiger partial charge on any atom is -0.192 e. The molecule has 238 valence electrons. The molecular weight excluding hydrogens is 689 g/mol. The van der Waals surface area contributed by atoms with Crippen LogP contribution in [0.5, 0.6) is 0 Å². The maximum Gasteiger partial charge on any atom is 0.146 e. The van der Waals surface area contributed by atoms with Crippen molar-refractivity contribution in [1.29, 1.82) is 21.0 Å². The summed E-state index contributed by atoms with van der Waals surface area (Å²) in [7, 11) is 0. The highest BCUT2D eigenvalue weighted by Gasteiger charge is 2.24. The zero-order valence-electron chi connectivity index (χ0n) is 27.5. The number of benzene rings is 3. The second kappa shape index (κ2) is 13.4. The largest absolute Gasteiger partial charge is 0.192 e. The van der Waals surface area contributed by atoms with Crippen molar-refractivity contribution >= 4 is 88.8 Å². The Morgan fingerprint density at radius 2 is 0.840 bits per heavy atom. The lowest BCUT2D eigenvalue weighted by molar-refractivity contribution is 1.39. The number of aryl methyl sites for hydroxylation is 4. The first kappa shape index (κ1) is 32.9. The molecule has 0 bridgehead atoms. The smallest absolute Gasteiger partial charge is 0.146 e. The van der Waals surface area contributed by atoms with Crippen molar-refractivity contribution in [1.82, 2.24) is 0 Å². The summed E-state index contributed by atoms with van der Waals surface area (Å²) in [6.07, 6.45) is 4.31. The van der Waals surface area contributed by atoms with Crippen molar-refractivity contribution in [2.45, 2.75) is 27.7 Å². The molecule has 4 nitrogen and oxygen atoms in total. The third-order valence-electron chi connectivity index (χ3n) is 8.72. The summed E-state index contributed by atoms with van der Waals surface area (Å²) >= 11 is 6.44. The van der Waals surface area contributed by atoms with E-state index in [1.807, 2.05) is 48.5 Å². The molecule has 0 aliphatic rings. The second-order valence-corrected chi connectivity index (χ2v) is 16.4. The molecule has 0 fully saturated rings. The number of fused-ring (bicyclic) bond motifs is 2. The molecule has 0 spiro atoms. The second-order valence-electron chi connectivity index (χ2n) is 12.0. The number of thiophene rings is 4. The van der Waals surface area contributed by atoms with E-state index in [4.69, 9.17) is 0 Å². The summed E-state index contributed by atoms with van der Waals surface area (Å²) < 4.78 is 5.74. The standard InChI is InChI=1S/C42H26N4S4/c1-23-7-5-8-24(2)37(23)39-33-17-31(15-29-11-13-35(47-29)27(19-43)20-44)50-42(33)40(38-25(3)9-6-10-26(38)4)34-18-32(49-41(34)39)16-30-12-14-36(48-30)28(21-45)22-46/h5-18H,1-4H3/b29-15+,30-16+. The van der Waals surface area contributed by atoms with Crippen molar-refractivity contribution < 1.29 is 0 Å². The van der Waals surface area contributed by atoms with Gasteiger partial charge < -0.3 is 0 Å². The van der Waals surface area contributed by atoms with Crippen LogP contribution in [0.1, 0.15) is 32.0 Å². The zero-order valence-corrected chi connectivity index (χ0v) is 30.8. The zero-order chi connectivity index (χ0) is 35.1. The molecule has 0 radical (unpaired) electrons. The fourth-order valence-corrected chi connectivity index (χ4v) is 10.9. The lowest BCUT2D eigenvalue weighted by Gasteiger charge is -2.18. The molecule has 50 heavy (non-hydrogen) atoms. The van der Waals surface area contributed by atoms with Crippen LogP contribution in [0, 0.1) is 73.0 Å². The number of nitrogens with zero attached hydrogens (tertiary/aromatic N) is 4. The summed E-state index contributed by atoms with van der Waals surface area (Å²) in [6, 6.07) is 33.2. The van der Waals surface area contributed by atoms with Gasteiger partial charge in [0, 0.05) is 50.1 Å². The van der Waals surface area contributed by atoms with Gasteiger partial charge in [-0.25, -0.2) is 0 Å². The Balaban J connectivity index is 1.62. The van der Waals surface area contributed by atoms with E-state index >= 15 is 0 Å². The molecule has 0 atom stereocenters. The Bertz CT molecular complexity index is 2640. The predicted octanol–water partition coefficient (Wildman–Crippen LogP) is 8.86. The van der Waals surface area contributed by atoms with Crippen LogP contribution in [-0.2, 0) is 0 Å². The third-order valence-corrected chi connectivity index (χ3v) is 13.0. The maximum atomic E-state index is 9.42. The van der Waals surface area contributed by atoms with Gasteiger partial charge in [0.1, 0.15) is 35.4 Å². The van der Waals surface area contributed by atoms with E-state index in [1.165, 1.54) is 87.4 Å². The number of rotatable bonds is 4. The van der Waals surface area contributed by atoms with Crippen LogP contribution in [0.4, 0.5) is 0 Å². The molecule has 0 amide bonds. The Morgan fingerprint density at radius 3 is 1.18 bits per heavy atom. The minimum atomic E-state index is 0.126.